The van der Waals surface area contributed by atoms with Gasteiger partial charge in [-0.15, -0.1) is 0 Å². The van der Waals surface area contributed by atoms with Crippen LogP contribution in [0.3, 0.4) is 0 Å². The minimum absolute atomic E-state index is 0.518. The Morgan fingerprint density at radius 3 is 2.21 bits per heavy atom. The van der Waals surface area contributed by atoms with Gasteiger partial charge in [0.2, 0.25) is 5.75 Å². The van der Waals surface area contributed by atoms with Crippen molar-refractivity contribution in [1.82, 2.24) is 0 Å². The van der Waals surface area contributed by atoms with Crippen molar-refractivity contribution in [2.24, 2.45) is 0 Å². The van der Waals surface area contributed by atoms with Gasteiger partial charge in [0, 0.05) is 6.42 Å². The Labute approximate surface area is 104 Å². The molecule has 0 aliphatic rings. The summed E-state index contributed by atoms with van der Waals surface area (Å²) < 4.78 is 0. The highest BCUT2D eigenvalue weighted by Crippen LogP contribution is 2.43. The number of benzene rings is 1. The molecule has 0 aromatic heterocycles. The molecule has 0 saturated carbocycles. The van der Waals surface area contributed by atoms with Gasteiger partial charge in [0.05, 0.1) is 15.9 Å². The summed E-state index contributed by atoms with van der Waals surface area (Å²) >= 11 is 0. The van der Waals surface area contributed by atoms with Crippen LogP contribution in [0.4, 0.5) is 11.4 Å². The summed E-state index contributed by atoms with van der Waals surface area (Å²) in [7, 11) is 0. The van der Waals surface area contributed by atoms with Crippen LogP contribution in [0.2, 0.25) is 0 Å². The van der Waals surface area contributed by atoms with Gasteiger partial charge in [0.1, 0.15) is 5.56 Å². The number of nitro groups is 2. The molecule has 0 spiro atoms. The van der Waals surface area contributed by atoms with Gasteiger partial charge < -0.3 is 15.3 Å². The smallest absolute Gasteiger partial charge is 0.324 e. The predicted octanol–water partition coefficient (Wildman–Crippen LogP) is 0.931. The number of nitro benzene ring substituents is 2. The standard InChI is InChI=1S/C9H8N2O8/c12-6-3-5(10(16)17)4(1-2-7(13)14)8(9(6)15)11(18)19/h3,12,15H,1-2H2,(H,13,14). The van der Waals surface area contributed by atoms with E-state index in [1.165, 1.54) is 0 Å². The van der Waals surface area contributed by atoms with E-state index in [-0.39, 0.29) is 0 Å². The van der Waals surface area contributed by atoms with Crippen LogP contribution >= 0.6 is 0 Å². The minimum Gasteiger partial charge on any atom is -0.504 e. The number of aliphatic carboxylic acids is 1. The van der Waals surface area contributed by atoms with Crippen molar-refractivity contribution in [3.8, 4) is 11.5 Å². The van der Waals surface area contributed by atoms with Crippen LogP contribution in [0.25, 0.3) is 0 Å². The van der Waals surface area contributed by atoms with E-state index < -0.39 is 57.1 Å². The number of aromatic hydroxyl groups is 2. The van der Waals surface area contributed by atoms with Crippen molar-refractivity contribution in [1.29, 1.82) is 0 Å². The molecule has 0 saturated heterocycles. The number of carbonyl (C=O) groups is 1. The Morgan fingerprint density at radius 2 is 1.79 bits per heavy atom. The van der Waals surface area contributed by atoms with Crippen molar-refractivity contribution in [2.75, 3.05) is 0 Å². The number of rotatable bonds is 5. The van der Waals surface area contributed by atoms with Gasteiger partial charge in [0.15, 0.2) is 5.75 Å². The molecule has 0 atom stereocenters. The van der Waals surface area contributed by atoms with Gasteiger partial charge >= 0.3 is 11.7 Å². The molecule has 10 nitrogen and oxygen atoms in total. The lowest BCUT2D eigenvalue weighted by molar-refractivity contribution is -0.396. The van der Waals surface area contributed by atoms with E-state index in [0.29, 0.717) is 6.07 Å². The number of hydrogen-bond acceptors (Lipinski definition) is 7. The van der Waals surface area contributed by atoms with Gasteiger partial charge in [-0.25, -0.2) is 0 Å². The maximum atomic E-state index is 10.8. The van der Waals surface area contributed by atoms with Crippen LogP contribution in [0.1, 0.15) is 12.0 Å². The molecule has 0 unspecified atom stereocenters. The molecular formula is C9H8N2O8. The maximum absolute atomic E-state index is 10.8. The van der Waals surface area contributed by atoms with Crippen LogP contribution in [0, 0.1) is 20.2 Å². The summed E-state index contributed by atoms with van der Waals surface area (Å²) in [4.78, 5) is 29.9. The van der Waals surface area contributed by atoms with Gasteiger partial charge in [-0.05, 0) is 6.42 Å². The summed E-state index contributed by atoms with van der Waals surface area (Å²) in [5.74, 6) is -3.45. The van der Waals surface area contributed by atoms with Crippen molar-refractivity contribution in [3.05, 3.63) is 31.9 Å². The third kappa shape index (κ3) is 2.86. The number of phenolic OH excluding ortho intramolecular Hbond substituents is 2. The molecule has 0 fully saturated rings. The highest BCUT2D eigenvalue weighted by molar-refractivity contribution is 5.71. The van der Waals surface area contributed by atoms with E-state index in [2.05, 4.69) is 0 Å². The molecular weight excluding hydrogens is 264 g/mol. The predicted molar refractivity (Wildman–Crippen MR) is 59.0 cm³/mol. The van der Waals surface area contributed by atoms with Crippen LogP contribution in [0.15, 0.2) is 6.07 Å². The first kappa shape index (κ1) is 14.2. The monoisotopic (exact) mass is 272 g/mol. The summed E-state index contributed by atoms with van der Waals surface area (Å²) in [5.41, 5.74) is -2.43. The Balaban J connectivity index is 3.52. The zero-order chi connectivity index (χ0) is 14.7. The number of phenols is 2. The number of carboxylic acid groups (broad SMARTS) is 1. The van der Waals surface area contributed by atoms with Gasteiger partial charge in [-0.3, -0.25) is 25.0 Å². The minimum atomic E-state index is -1.31. The average molecular weight is 272 g/mol. The van der Waals surface area contributed by atoms with Gasteiger partial charge in [-0.2, -0.15) is 0 Å². The lowest BCUT2D eigenvalue weighted by Gasteiger charge is -2.06. The van der Waals surface area contributed by atoms with E-state index in [1.807, 2.05) is 0 Å². The number of carboxylic acids is 1. The molecule has 0 heterocycles. The van der Waals surface area contributed by atoms with Crippen LogP contribution in [-0.4, -0.2) is 31.1 Å². The van der Waals surface area contributed by atoms with E-state index in [1.54, 1.807) is 0 Å². The molecule has 1 rings (SSSR count). The molecule has 0 amide bonds. The number of hydrogen-bond donors (Lipinski definition) is 3. The topological polar surface area (TPSA) is 164 Å². The second-order valence-electron chi connectivity index (χ2n) is 3.50. The maximum Gasteiger partial charge on any atom is 0.324 e. The zero-order valence-corrected chi connectivity index (χ0v) is 9.27. The Morgan fingerprint density at radius 1 is 1.21 bits per heavy atom. The molecule has 3 N–H and O–H groups in total. The quantitative estimate of drug-likeness (QED) is 0.404. The normalized spacial score (nSPS) is 10.1. The van der Waals surface area contributed by atoms with Crippen LogP contribution < -0.4 is 0 Å². The first-order valence-electron chi connectivity index (χ1n) is 4.84. The second kappa shape index (κ2) is 5.16. The van der Waals surface area contributed by atoms with Crippen molar-refractivity contribution in [3.63, 3.8) is 0 Å². The van der Waals surface area contributed by atoms with Crippen molar-refractivity contribution >= 4 is 17.3 Å². The van der Waals surface area contributed by atoms with Gasteiger partial charge in [-0.1, -0.05) is 0 Å². The molecule has 0 radical (unpaired) electrons. The van der Waals surface area contributed by atoms with E-state index in [0.717, 1.165) is 0 Å². The number of nitrogens with zero attached hydrogens (tertiary/aromatic N) is 2. The molecule has 102 valence electrons. The zero-order valence-electron chi connectivity index (χ0n) is 9.27. The van der Waals surface area contributed by atoms with Crippen LogP contribution in [-0.2, 0) is 11.2 Å². The molecule has 0 aliphatic heterocycles. The molecule has 19 heavy (non-hydrogen) atoms. The third-order valence-corrected chi connectivity index (χ3v) is 2.30. The Hall–Kier alpha value is -2.91. The fourth-order valence-electron chi connectivity index (χ4n) is 1.51. The molecule has 1 aromatic rings. The van der Waals surface area contributed by atoms with Crippen molar-refractivity contribution in [2.45, 2.75) is 12.8 Å². The molecule has 1 aromatic carbocycles. The summed E-state index contributed by atoms with van der Waals surface area (Å²) in [5, 5.41) is 48.6. The molecule has 10 heteroatoms. The fraction of sp³-hybridized carbons (Fsp3) is 0.222. The van der Waals surface area contributed by atoms with E-state index in [4.69, 9.17) is 5.11 Å². The van der Waals surface area contributed by atoms with E-state index >= 15 is 0 Å². The highest BCUT2D eigenvalue weighted by atomic mass is 16.6. The highest BCUT2D eigenvalue weighted by Gasteiger charge is 2.32. The first-order chi connectivity index (χ1) is 8.75. The molecule has 0 aliphatic carbocycles. The second-order valence-corrected chi connectivity index (χ2v) is 3.50. The molecule has 0 bridgehead atoms. The van der Waals surface area contributed by atoms with Crippen molar-refractivity contribution < 1.29 is 30.0 Å². The SMILES string of the molecule is O=C(O)CCc1c([N+](=O)[O-])cc(O)c(O)c1[N+](=O)[O-]. The lowest BCUT2D eigenvalue weighted by Crippen LogP contribution is -2.05. The Kier molecular flexibility index (Phi) is 3.85. The van der Waals surface area contributed by atoms with Crippen LogP contribution in [0.5, 0.6) is 11.5 Å². The van der Waals surface area contributed by atoms with E-state index in [9.17, 15) is 35.2 Å². The lowest BCUT2D eigenvalue weighted by atomic mass is 10.0. The van der Waals surface area contributed by atoms with Gasteiger partial charge in [0.25, 0.3) is 5.69 Å². The fourth-order valence-corrected chi connectivity index (χ4v) is 1.51. The third-order valence-electron chi connectivity index (χ3n) is 2.30. The summed E-state index contributed by atoms with van der Waals surface area (Å²) in [6, 6.07) is 0.541. The average Bonchev–Trinajstić information content (AvgIpc) is 2.28. The first-order valence-corrected chi connectivity index (χ1v) is 4.84. The Bertz CT molecular complexity index is 568. The summed E-state index contributed by atoms with van der Waals surface area (Å²) in [6.07, 6.45) is -1.11. The largest absolute Gasteiger partial charge is 0.504 e. The summed E-state index contributed by atoms with van der Waals surface area (Å²) in [6.45, 7) is 0.